The summed E-state index contributed by atoms with van der Waals surface area (Å²) in [6, 6.07) is 3.67. The Kier molecular flexibility index (Phi) is 3.36. The molecular weight excluding hydrogens is 176 g/mol. The molecule has 2 N–H and O–H groups in total. The fourth-order valence-electron chi connectivity index (χ4n) is 1.09. The molecule has 0 radical (unpaired) electrons. The molecule has 0 saturated carbocycles. The first kappa shape index (κ1) is 10.9. The number of pyridine rings is 1. The zero-order chi connectivity index (χ0) is 10.6. The average molecular weight is 192 g/mol. The van der Waals surface area contributed by atoms with E-state index in [1.165, 1.54) is 0 Å². The number of aromatic nitrogens is 1. The lowest BCUT2D eigenvalue weighted by Crippen LogP contribution is -2.45. The quantitative estimate of drug-likeness (QED) is 0.782. The van der Waals surface area contributed by atoms with Crippen molar-refractivity contribution in [3.05, 3.63) is 30.1 Å². The molecule has 0 amide bonds. The molecule has 1 unspecified atom stereocenters. The van der Waals surface area contributed by atoms with Crippen molar-refractivity contribution in [1.29, 1.82) is 0 Å². The third-order valence-corrected chi connectivity index (χ3v) is 2.49. The summed E-state index contributed by atoms with van der Waals surface area (Å²) in [7, 11) is 0. The molecule has 0 bridgehead atoms. The molecule has 3 heteroatoms. The molecule has 14 heavy (non-hydrogen) atoms. The van der Waals surface area contributed by atoms with Gasteiger partial charge in [0.2, 0.25) is 0 Å². The van der Waals surface area contributed by atoms with Gasteiger partial charge in [-0.2, -0.15) is 0 Å². The standard InChI is InChI=1S/C11H16N2O/c1-3-11(2,12)10(14)8-9-4-6-13-7-5-9/h4-7H,3,8,12H2,1-2H3. The zero-order valence-electron chi connectivity index (χ0n) is 8.66. The fourth-order valence-corrected chi connectivity index (χ4v) is 1.09. The van der Waals surface area contributed by atoms with Gasteiger partial charge in [0.05, 0.1) is 5.54 Å². The van der Waals surface area contributed by atoms with E-state index in [0.29, 0.717) is 12.8 Å². The topological polar surface area (TPSA) is 56.0 Å². The molecule has 0 aliphatic heterocycles. The molecule has 1 atom stereocenters. The first-order chi connectivity index (χ1) is 6.56. The van der Waals surface area contributed by atoms with Crippen molar-refractivity contribution in [2.75, 3.05) is 0 Å². The SMILES string of the molecule is CCC(C)(N)C(=O)Cc1ccncc1. The highest BCUT2D eigenvalue weighted by atomic mass is 16.1. The third-order valence-electron chi connectivity index (χ3n) is 2.49. The summed E-state index contributed by atoms with van der Waals surface area (Å²) in [5.41, 5.74) is 6.10. The first-order valence-electron chi connectivity index (χ1n) is 4.77. The minimum absolute atomic E-state index is 0.0752. The number of Topliss-reactive ketones (excluding diaryl/α,β-unsaturated/α-hetero) is 1. The van der Waals surface area contributed by atoms with Crippen LogP contribution in [-0.2, 0) is 11.2 Å². The van der Waals surface area contributed by atoms with E-state index in [-0.39, 0.29) is 5.78 Å². The van der Waals surface area contributed by atoms with Crippen molar-refractivity contribution in [2.45, 2.75) is 32.2 Å². The maximum Gasteiger partial charge on any atom is 0.156 e. The summed E-state index contributed by atoms with van der Waals surface area (Å²) in [4.78, 5) is 15.6. The predicted octanol–water partition coefficient (Wildman–Crippen LogP) is 1.32. The molecule has 0 saturated heterocycles. The van der Waals surface area contributed by atoms with Crippen LogP contribution in [-0.4, -0.2) is 16.3 Å². The number of nitrogens with zero attached hydrogens (tertiary/aromatic N) is 1. The van der Waals surface area contributed by atoms with Gasteiger partial charge in [0.25, 0.3) is 0 Å². The molecule has 0 fully saturated rings. The summed E-state index contributed by atoms with van der Waals surface area (Å²) < 4.78 is 0. The Hall–Kier alpha value is -1.22. The van der Waals surface area contributed by atoms with Gasteiger partial charge in [0, 0.05) is 18.8 Å². The molecule has 1 rings (SSSR count). The molecule has 1 heterocycles. The molecule has 76 valence electrons. The van der Waals surface area contributed by atoms with Gasteiger partial charge in [-0.25, -0.2) is 0 Å². The Labute approximate surface area is 84.3 Å². The monoisotopic (exact) mass is 192 g/mol. The van der Waals surface area contributed by atoms with Crippen LogP contribution >= 0.6 is 0 Å². The largest absolute Gasteiger partial charge is 0.319 e. The number of hydrogen-bond acceptors (Lipinski definition) is 3. The Balaban J connectivity index is 2.67. The van der Waals surface area contributed by atoms with E-state index in [2.05, 4.69) is 4.98 Å². The lowest BCUT2D eigenvalue weighted by Gasteiger charge is -2.20. The second-order valence-corrected chi connectivity index (χ2v) is 3.73. The van der Waals surface area contributed by atoms with Crippen molar-refractivity contribution in [2.24, 2.45) is 5.73 Å². The van der Waals surface area contributed by atoms with Crippen molar-refractivity contribution in [3.8, 4) is 0 Å². The zero-order valence-corrected chi connectivity index (χ0v) is 8.66. The smallest absolute Gasteiger partial charge is 0.156 e. The van der Waals surface area contributed by atoms with E-state index in [1.807, 2.05) is 19.1 Å². The van der Waals surface area contributed by atoms with E-state index in [4.69, 9.17) is 5.73 Å². The molecule has 1 aromatic heterocycles. The Morgan fingerprint density at radius 1 is 1.50 bits per heavy atom. The van der Waals surface area contributed by atoms with Crippen LogP contribution in [0.3, 0.4) is 0 Å². The van der Waals surface area contributed by atoms with E-state index in [9.17, 15) is 4.79 Å². The van der Waals surface area contributed by atoms with Gasteiger partial charge in [-0.3, -0.25) is 9.78 Å². The van der Waals surface area contributed by atoms with Gasteiger partial charge in [-0.1, -0.05) is 6.92 Å². The number of ketones is 1. The maximum absolute atomic E-state index is 11.7. The molecule has 3 nitrogen and oxygen atoms in total. The van der Waals surface area contributed by atoms with Crippen LogP contribution in [0.5, 0.6) is 0 Å². The molecule has 0 aliphatic carbocycles. The van der Waals surface area contributed by atoms with Crippen molar-refractivity contribution in [3.63, 3.8) is 0 Å². The number of hydrogen-bond donors (Lipinski definition) is 1. The lowest BCUT2D eigenvalue weighted by molar-refractivity contribution is -0.123. The molecule has 0 spiro atoms. The van der Waals surface area contributed by atoms with E-state index >= 15 is 0 Å². The molecule has 0 aliphatic rings. The lowest BCUT2D eigenvalue weighted by atomic mass is 9.91. The highest BCUT2D eigenvalue weighted by Gasteiger charge is 2.25. The normalized spacial score (nSPS) is 14.8. The first-order valence-corrected chi connectivity index (χ1v) is 4.77. The van der Waals surface area contributed by atoms with Crippen molar-refractivity contribution >= 4 is 5.78 Å². The van der Waals surface area contributed by atoms with Gasteiger partial charge >= 0.3 is 0 Å². The second-order valence-electron chi connectivity index (χ2n) is 3.73. The fraction of sp³-hybridized carbons (Fsp3) is 0.455. The van der Waals surface area contributed by atoms with Gasteiger partial charge in [-0.15, -0.1) is 0 Å². The summed E-state index contributed by atoms with van der Waals surface area (Å²) in [5.74, 6) is 0.0752. The van der Waals surface area contributed by atoms with Gasteiger partial charge < -0.3 is 5.73 Å². The number of nitrogens with two attached hydrogens (primary N) is 1. The van der Waals surface area contributed by atoms with Gasteiger partial charge in [0.1, 0.15) is 0 Å². The summed E-state index contributed by atoms with van der Waals surface area (Å²) in [6.45, 7) is 3.70. The van der Waals surface area contributed by atoms with Crippen LogP contribution in [0, 0.1) is 0 Å². The molecule has 1 aromatic rings. The van der Waals surface area contributed by atoms with Crippen LogP contribution in [0.25, 0.3) is 0 Å². The minimum atomic E-state index is -0.705. The van der Waals surface area contributed by atoms with Crippen LogP contribution in [0.15, 0.2) is 24.5 Å². The van der Waals surface area contributed by atoms with Crippen molar-refractivity contribution in [1.82, 2.24) is 4.98 Å². The van der Waals surface area contributed by atoms with Crippen LogP contribution in [0.2, 0.25) is 0 Å². The summed E-state index contributed by atoms with van der Waals surface area (Å²) in [5, 5.41) is 0. The molecular formula is C11H16N2O. The van der Waals surface area contributed by atoms with E-state index in [1.54, 1.807) is 19.3 Å². The molecule has 0 aromatic carbocycles. The summed E-state index contributed by atoms with van der Waals surface area (Å²) in [6.07, 6.45) is 4.42. The van der Waals surface area contributed by atoms with Crippen molar-refractivity contribution < 1.29 is 4.79 Å². The number of rotatable bonds is 4. The van der Waals surface area contributed by atoms with Gasteiger partial charge in [0.15, 0.2) is 5.78 Å². The number of carbonyl (C=O) groups is 1. The Morgan fingerprint density at radius 3 is 2.57 bits per heavy atom. The van der Waals surface area contributed by atoms with Gasteiger partial charge in [-0.05, 0) is 31.0 Å². The van der Waals surface area contributed by atoms with Crippen LogP contribution < -0.4 is 5.73 Å². The van der Waals surface area contributed by atoms with E-state index in [0.717, 1.165) is 5.56 Å². The highest BCUT2D eigenvalue weighted by molar-refractivity contribution is 5.89. The minimum Gasteiger partial charge on any atom is -0.319 e. The summed E-state index contributed by atoms with van der Waals surface area (Å²) >= 11 is 0. The Bertz CT molecular complexity index is 306. The maximum atomic E-state index is 11.7. The second kappa shape index (κ2) is 4.33. The van der Waals surface area contributed by atoms with Crippen LogP contribution in [0.4, 0.5) is 0 Å². The third kappa shape index (κ3) is 2.64. The average Bonchev–Trinajstić information content (AvgIpc) is 2.19. The van der Waals surface area contributed by atoms with E-state index < -0.39 is 5.54 Å². The number of carbonyl (C=O) groups excluding carboxylic acids is 1. The predicted molar refractivity (Wildman–Crippen MR) is 55.8 cm³/mol. The van der Waals surface area contributed by atoms with Crippen LogP contribution in [0.1, 0.15) is 25.8 Å². The highest BCUT2D eigenvalue weighted by Crippen LogP contribution is 2.10. The Morgan fingerprint density at radius 2 is 2.07 bits per heavy atom.